The number of halogens is 1. The summed E-state index contributed by atoms with van der Waals surface area (Å²) >= 11 is 6.32. The molecule has 0 saturated carbocycles. The highest BCUT2D eigenvalue weighted by molar-refractivity contribution is 6.66. The lowest BCUT2D eigenvalue weighted by Gasteiger charge is -2.35. The van der Waals surface area contributed by atoms with E-state index < -0.39 is 0 Å². The molecule has 0 amide bonds. The van der Waals surface area contributed by atoms with E-state index in [0.717, 1.165) is 41.6 Å². The monoisotopic (exact) mass is 414 g/mol. The van der Waals surface area contributed by atoms with Crippen molar-refractivity contribution in [2.75, 3.05) is 11.4 Å². The second kappa shape index (κ2) is 8.37. The molecular formula is C26H23ClN2O. The van der Waals surface area contributed by atoms with Gasteiger partial charge in [-0.2, -0.15) is 0 Å². The first-order chi connectivity index (χ1) is 14.8. The fourth-order valence-corrected chi connectivity index (χ4v) is 4.50. The molecule has 3 aromatic rings. The Bertz CT molecular complexity index is 1080. The molecule has 0 aromatic heterocycles. The van der Waals surface area contributed by atoms with Crippen LogP contribution in [0.5, 0.6) is 5.75 Å². The minimum Gasteiger partial charge on any atom is -0.489 e. The van der Waals surface area contributed by atoms with Crippen LogP contribution >= 0.6 is 11.6 Å². The fraction of sp³-hybridized carbons (Fsp3) is 0.192. The van der Waals surface area contributed by atoms with E-state index >= 15 is 0 Å². The summed E-state index contributed by atoms with van der Waals surface area (Å²) in [7, 11) is 0. The predicted octanol–water partition coefficient (Wildman–Crippen LogP) is 6.30. The highest BCUT2D eigenvalue weighted by atomic mass is 35.5. The van der Waals surface area contributed by atoms with E-state index in [1.54, 1.807) is 0 Å². The van der Waals surface area contributed by atoms with Gasteiger partial charge in [0.25, 0.3) is 0 Å². The molecule has 2 aliphatic rings. The maximum Gasteiger partial charge on any atom is 0.119 e. The van der Waals surface area contributed by atoms with Gasteiger partial charge in [0.1, 0.15) is 17.5 Å². The molecule has 0 N–H and O–H groups in total. The summed E-state index contributed by atoms with van der Waals surface area (Å²) in [6, 6.07) is 29.4. The summed E-state index contributed by atoms with van der Waals surface area (Å²) < 4.78 is 5.96. The van der Waals surface area contributed by atoms with Crippen LogP contribution in [0.2, 0.25) is 0 Å². The third kappa shape index (κ3) is 3.86. The van der Waals surface area contributed by atoms with Crippen LogP contribution in [0.25, 0.3) is 5.70 Å². The molecule has 150 valence electrons. The Labute approximate surface area is 182 Å². The average Bonchev–Trinajstić information content (AvgIpc) is 3.19. The number of anilines is 1. The lowest BCUT2D eigenvalue weighted by molar-refractivity contribution is 0.306. The number of fused-ring (bicyclic) bond motifs is 1. The van der Waals surface area contributed by atoms with Crippen LogP contribution in [0.3, 0.4) is 0 Å². The zero-order chi connectivity index (χ0) is 20.3. The Morgan fingerprint density at radius 1 is 0.900 bits per heavy atom. The quantitative estimate of drug-likeness (QED) is 0.489. The summed E-state index contributed by atoms with van der Waals surface area (Å²) in [6.45, 7) is 1.48. The minimum atomic E-state index is 0.206. The van der Waals surface area contributed by atoms with Gasteiger partial charge in [0, 0.05) is 18.7 Å². The Balaban J connectivity index is 1.41. The summed E-state index contributed by atoms with van der Waals surface area (Å²) in [4.78, 5) is 7.06. The number of rotatable bonds is 5. The van der Waals surface area contributed by atoms with Gasteiger partial charge in [-0.05, 0) is 47.4 Å². The lowest BCUT2D eigenvalue weighted by Crippen LogP contribution is -2.32. The molecule has 0 bridgehead atoms. The lowest BCUT2D eigenvalue weighted by atomic mass is 9.92. The van der Waals surface area contributed by atoms with Crippen molar-refractivity contribution in [3.63, 3.8) is 0 Å². The summed E-state index contributed by atoms with van der Waals surface area (Å²) in [5, 5.41) is 0.718. The van der Waals surface area contributed by atoms with Crippen molar-refractivity contribution in [1.82, 2.24) is 0 Å². The molecular weight excluding hydrogens is 392 g/mol. The van der Waals surface area contributed by atoms with Crippen molar-refractivity contribution < 1.29 is 4.74 Å². The Kier molecular flexibility index (Phi) is 5.29. The second-order valence-electron chi connectivity index (χ2n) is 7.65. The fourth-order valence-electron chi connectivity index (χ4n) is 4.24. The van der Waals surface area contributed by atoms with Crippen molar-refractivity contribution >= 4 is 28.2 Å². The van der Waals surface area contributed by atoms with Crippen LogP contribution in [0.4, 0.5) is 5.69 Å². The first-order valence-corrected chi connectivity index (χ1v) is 10.7. The van der Waals surface area contributed by atoms with Crippen LogP contribution in [0, 0.1) is 0 Å². The molecule has 3 nitrogen and oxygen atoms in total. The van der Waals surface area contributed by atoms with Gasteiger partial charge in [-0.25, -0.2) is 0 Å². The van der Waals surface area contributed by atoms with Crippen LogP contribution in [-0.2, 0) is 6.61 Å². The molecule has 2 aliphatic heterocycles. The number of aliphatic imine (C=N–C) groups is 1. The van der Waals surface area contributed by atoms with Crippen molar-refractivity contribution in [3.8, 4) is 5.75 Å². The zero-order valence-electron chi connectivity index (χ0n) is 16.7. The Morgan fingerprint density at radius 3 is 2.33 bits per heavy atom. The molecule has 3 aromatic carbocycles. The molecule has 1 atom stereocenters. The molecule has 0 fully saturated rings. The van der Waals surface area contributed by atoms with Crippen molar-refractivity contribution in [1.29, 1.82) is 0 Å². The minimum absolute atomic E-state index is 0.206. The standard InChI is InChI=1S/C26H23ClN2O/c27-25-17-23-24(28-25)15-16-29(26(23)20-9-5-2-6-10-20)21-11-13-22(14-12-21)30-18-19-7-3-1-4-8-19/h1-14,24H,15-18H2. The predicted molar refractivity (Wildman–Crippen MR) is 124 cm³/mol. The van der Waals surface area contributed by atoms with Gasteiger partial charge in [-0.1, -0.05) is 72.3 Å². The maximum atomic E-state index is 6.32. The molecule has 4 heteroatoms. The van der Waals surface area contributed by atoms with Crippen LogP contribution in [0.1, 0.15) is 24.0 Å². The normalized spacial score (nSPS) is 18.2. The van der Waals surface area contributed by atoms with E-state index in [-0.39, 0.29) is 6.04 Å². The molecule has 2 heterocycles. The smallest absolute Gasteiger partial charge is 0.119 e. The molecule has 1 unspecified atom stereocenters. The van der Waals surface area contributed by atoms with Crippen LogP contribution in [-0.4, -0.2) is 17.8 Å². The van der Waals surface area contributed by atoms with E-state index in [0.29, 0.717) is 6.61 Å². The Morgan fingerprint density at radius 2 is 1.60 bits per heavy atom. The molecule has 0 radical (unpaired) electrons. The average molecular weight is 415 g/mol. The van der Waals surface area contributed by atoms with Gasteiger partial charge in [0.15, 0.2) is 0 Å². The Hall–Kier alpha value is -3.04. The van der Waals surface area contributed by atoms with Crippen molar-refractivity contribution in [2.24, 2.45) is 4.99 Å². The number of nitrogens with zero attached hydrogens (tertiary/aromatic N) is 2. The van der Waals surface area contributed by atoms with E-state index in [2.05, 4.69) is 76.6 Å². The SMILES string of the molecule is ClC1=NC2CCN(c3ccc(OCc4ccccc4)cc3)C(c3ccccc3)=C2C1. The van der Waals surface area contributed by atoms with Crippen molar-refractivity contribution in [3.05, 3.63) is 102 Å². The van der Waals surface area contributed by atoms with E-state index in [9.17, 15) is 0 Å². The molecule has 0 spiro atoms. The summed E-state index contributed by atoms with van der Waals surface area (Å²) in [6.07, 6.45) is 1.72. The molecule has 0 aliphatic carbocycles. The number of hydrogen-bond acceptors (Lipinski definition) is 3. The van der Waals surface area contributed by atoms with Gasteiger partial charge in [0.05, 0.1) is 11.7 Å². The summed E-state index contributed by atoms with van der Waals surface area (Å²) in [5.74, 6) is 0.874. The zero-order valence-corrected chi connectivity index (χ0v) is 17.4. The maximum absolute atomic E-state index is 6.32. The number of hydrogen-bond donors (Lipinski definition) is 0. The number of ether oxygens (including phenoxy) is 1. The van der Waals surface area contributed by atoms with Gasteiger partial charge in [-0.3, -0.25) is 4.99 Å². The van der Waals surface area contributed by atoms with Crippen LogP contribution in [0.15, 0.2) is 95.5 Å². The third-order valence-electron chi connectivity index (χ3n) is 5.68. The topological polar surface area (TPSA) is 24.8 Å². The first kappa shape index (κ1) is 19.0. The van der Waals surface area contributed by atoms with Crippen molar-refractivity contribution in [2.45, 2.75) is 25.5 Å². The van der Waals surface area contributed by atoms with Gasteiger partial charge in [0.2, 0.25) is 0 Å². The van der Waals surface area contributed by atoms with Crippen LogP contribution < -0.4 is 9.64 Å². The molecule has 30 heavy (non-hydrogen) atoms. The largest absolute Gasteiger partial charge is 0.489 e. The van der Waals surface area contributed by atoms with E-state index in [4.69, 9.17) is 16.3 Å². The van der Waals surface area contributed by atoms with E-state index in [1.807, 2.05) is 18.2 Å². The molecule has 0 saturated heterocycles. The van der Waals surface area contributed by atoms with Gasteiger partial charge in [-0.15, -0.1) is 0 Å². The van der Waals surface area contributed by atoms with Gasteiger partial charge < -0.3 is 9.64 Å². The molecule has 5 rings (SSSR count). The first-order valence-electron chi connectivity index (χ1n) is 10.3. The summed E-state index contributed by atoms with van der Waals surface area (Å²) in [5.41, 5.74) is 6.10. The number of benzene rings is 3. The van der Waals surface area contributed by atoms with E-state index in [1.165, 1.54) is 16.8 Å². The highest BCUT2D eigenvalue weighted by Crippen LogP contribution is 2.40. The third-order valence-corrected chi connectivity index (χ3v) is 5.91. The second-order valence-corrected chi connectivity index (χ2v) is 8.08. The van der Waals surface area contributed by atoms with Gasteiger partial charge >= 0.3 is 0 Å². The highest BCUT2D eigenvalue weighted by Gasteiger charge is 2.33.